The number of thioether (sulfide) groups is 1. The van der Waals surface area contributed by atoms with Crippen LogP contribution in [0.3, 0.4) is 0 Å². The molecule has 0 fully saturated rings. The van der Waals surface area contributed by atoms with E-state index in [2.05, 4.69) is 20.3 Å². The van der Waals surface area contributed by atoms with Gasteiger partial charge in [0.15, 0.2) is 16.3 Å². The highest BCUT2D eigenvalue weighted by Gasteiger charge is 2.20. The summed E-state index contributed by atoms with van der Waals surface area (Å²) in [6.45, 7) is 6.83. The second-order valence-electron chi connectivity index (χ2n) is 8.73. The molecule has 0 bridgehead atoms. The van der Waals surface area contributed by atoms with Gasteiger partial charge in [-0.2, -0.15) is 4.98 Å². The van der Waals surface area contributed by atoms with Gasteiger partial charge in [-0.25, -0.2) is 9.38 Å². The van der Waals surface area contributed by atoms with E-state index in [9.17, 15) is 14.7 Å². The highest BCUT2D eigenvalue weighted by Crippen LogP contribution is 2.24. The lowest BCUT2D eigenvalue weighted by Gasteiger charge is -2.24. The molecule has 0 unspecified atom stereocenters. The Bertz CT molecular complexity index is 1440. The number of carbonyl (C=O) groups is 1. The number of rotatable bonds is 11. The molecule has 4 aromatic rings. The van der Waals surface area contributed by atoms with Gasteiger partial charge in [-0.15, -0.1) is 0 Å². The number of ether oxygens (including phenoxy) is 1. The van der Waals surface area contributed by atoms with Crippen molar-refractivity contribution >= 4 is 40.8 Å². The zero-order valence-electron chi connectivity index (χ0n) is 20.5. The van der Waals surface area contributed by atoms with Gasteiger partial charge in [0.05, 0.1) is 23.7 Å². The molecule has 3 heterocycles. The highest BCUT2D eigenvalue weighted by atomic mass is 32.2. The Morgan fingerprint density at radius 3 is 2.78 bits per heavy atom. The summed E-state index contributed by atoms with van der Waals surface area (Å²) < 4.78 is 8.70. The maximum absolute atomic E-state index is 13.3. The molecule has 3 N–H and O–H groups in total. The maximum Gasteiger partial charge on any atom is 0.287 e. The van der Waals surface area contributed by atoms with Gasteiger partial charge in [-0.3, -0.25) is 14.2 Å². The number of nitrogens with zero attached hydrogens (tertiary/aromatic N) is 4. The molecule has 3 aromatic heterocycles. The summed E-state index contributed by atoms with van der Waals surface area (Å²) in [4.78, 5) is 38.0. The quantitative estimate of drug-likeness (QED) is 0.265. The van der Waals surface area contributed by atoms with Crippen molar-refractivity contribution in [2.24, 2.45) is 0 Å². The van der Waals surface area contributed by atoms with Crippen molar-refractivity contribution in [2.45, 2.75) is 37.9 Å². The van der Waals surface area contributed by atoms with Gasteiger partial charge < -0.3 is 20.1 Å². The lowest BCUT2D eigenvalue weighted by atomic mass is 10.1. The second-order valence-corrected chi connectivity index (χ2v) is 9.67. The van der Waals surface area contributed by atoms with Crippen LogP contribution in [-0.2, 0) is 9.53 Å². The predicted octanol–water partition coefficient (Wildman–Crippen LogP) is 2.92. The molecule has 4 rings (SSSR count). The number of hydrogen-bond donors (Lipinski definition) is 3. The summed E-state index contributed by atoms with van der Waals surface area (Å²) >= 11 is 1.19. The molecule has 0 saturated carbocycles. The van der Waals surface area contributed by atoms with Crippen molar-refractivity contribution < 1.29 is 14.6 Å². The zero-order valence-corrected chi connectivity index (χ0v) is 21.3. The maximum atomic E-state index is 13.3. The van der Waals surface area contributed by atoms with Gasteiger partial charge in [-0.05, 0) is 38.8 Å². The van der Waals surface area contributed by atoms with Crippen LogP contribution in [0.5, 0.6) is 0 Å². The summed E-state index contributed by atoms with van der Waals surface area (Å²) in [7, 11) is 0. The number of H-pyrrole nitrogens is 1. The zero-order chi connectivity index (χ0) is 25.7. The van der Waals surface area contributed by atoms with E-state index < -0.39 is 0 Å². The van der Waals surface area contributed by atoms with Gasteiger partial charge in [0, 0.05) is 25.5 Å². The second kappa shape index (κ2) is 11.1. The number of imidazole rings is 2. The average Bonchev–Trinajstić information content (AvgIpc) is 3.44. The molecule has 1 amide bonds. The molecule has 0 aliphatic carbocycles. The Labute approximate surface area is 212 Å². The molecule has 0 spiro atoms. The number of aromatic amines is 1. The Morgan fingerprint density at radius 1 is 1.28 bits per heavy atom. The average molecular weight is 511 g/mol. The molecule has 1 aromatic carbocycles. The number of benzene rings is 1. The summed E-state index contributed by atoms with van der Waals surface area (Å²) in [6, 6.07) is 9.64. The van der Waals surface area contributed by atoms with Crippen LogP contribution in [0.1, 0.15) is 27.2 Å². The van der Waals surface area contributed by atoms with Crippen LogP contribution in [0.25, 0.3) is 34.4 Å². The summed E-state index contributed by atoms with van der Waals surface area (Å²) in [5.41, 5.74) is 1.56. The summed E-state index contributed by atoms with van der Waals surface area (Å²) in [6.07, 6.45) is 5.51. The SMILES string of the molecule is CCOC(C)(C)CCNC(=O)CSc1nc2c(=O)n3cc(-c4ccccc4)[nH]c3nc2n1C=CCO. The number of fused-ring (bicyclic) bond motifs is 2. The van der Waals surface area contributed by atoms with Crippen molar-refractivity contribution in [1.29, 1.82) is 0 Å². The van der Waals surface area contributed by atoms with Crippen LogP contribution in [-0.4, -0.2) is 66.0 Å². The first-order valence-electron chi connectivity index (χ1n) is 11.7. The van der Waals surface area contributed by atoms with Crippen molar-refractivity contribution in [3.8, 4) is 11.3 Å². The summed E-state index contributed by atoms with van der Waals surface area (Å²) in [5, 5.41) is 12.6. The number of aliphatic hydroxyl groups is 1. The minimum absolute atomic E-state index is 0.114. The van der Waals surface area contributed by atoms with Gasteiger partial charge in [0.2, 0.25) is 11.7 Å². The normalized spacial score (nSPS) is 12.2. The van der Waals surface area contributed by atoms with Crippen molar-refractivity contribution in [1.82, 2.24) is 29.2 Å². The van der Waals surface area contributed by atoms with E-state index in [1.807, 2.05) is 51.1 Å². The van der Waals surface area contributed by atoms with Crippen LogP contribution in [0.4, 0.5) is 0 Å². The van der Waals surface area contributed by atoms with E-state index in [1.165, 1.54) is 22.2 Å². The number of hydrogen-bond acceptors (Lipinski definition) is 7. The molecule has 0 aliphatic rings. The first-order chi connectivity index (χ1) is 17.3. The molecule has 190 valence electrons. The fourth-order valence-corrected chi connectivity index (χ4v) is 4.61. The number of nitrogens with one attached hydrogen (secondary N) is 2. The number of aromatic nitrogens is 5. The minimum Gasteiger partial charge on any atom is -0.392 e. The van der Waals surface area contributed by atoms with Crippen LogP contribution < -0.4 is 10.9 Å². The molecule has 0 atom stereocenters. The van der Waals surface area contributed by atoms with E-state index >= 15 is 0 Å². The molecule has 0 radical (unpaired) electrons. The standard InChI is InChI=1S/C25H30N6O4S/c1-4-35-25(2,3)11-12-26-19(33)16-36-24-28-20-21(30(24)13-8-14-32)29-23-27-18(15-31(23)22(20)34)17-9-6-5-7-10-17/h5-10,13,15,32H,4,11-12,14,16H2,1-3H3,(H,26,33)(H,27,29). The fourth-order valence-electron chi connectivity index (χ4n) is 3.81. The van der Waals surface area contributed by atoms with E-state index in [0.717, 1.165) is 11.3 Å². The first-order valence-corrected chi connectivity index (χ1v) is 12.7. The Morgan fingerprint density at radius 2 is 2.06 bits per heavy atom. The third-order valence-corrected chi connectivity index (χ3v) is 6.53. The Hall–Kier alpha value is -3.41. The van der Waals surface area contributed by atoms with Crippen LogP contribution >= 0.6 is 11.8 Å². The van der Waals surface area contributed by atoms with Crippen molar-refractivity contribution in [2.75, 3.05) is 25.5 Å². The molecular weight excluding hydrogens is 480 g/mol. The van der Waals surface area contributed by atoms with Crippen molar-refractivity contribution in [3.05, 3.63) is 53.0 Å². The topological polar surface area (TPSA) is 127 Å². The number of carbonyl (C=O) groups excluding carboxylic acids is 1. The molecule has 10 nitrogen and oxygen atoms in total. The molecule has 36 heavy (non-hydrogen) atoms. The molecule has 0 saturated heterocycles. The van der Waals surface area contributed by atoms with Crippen LogP contribution in [0, 0.1) is 0 Å². The van der Waals surface area contributed by atoms with E-state index in [0.29, 0.717) is 36.2 Å². The Kier molecular flexibility index (Phi) is 7.92. The highest BCUT2D eigenvalue weighted by molar-refractivity contribution is 7.99. The Balaban J connectivity index is 1.58. The largest absolute Gasteiger partial charge is 0.392 e. The monoisotopic (exact) mass is 510 g/mol. The van der Waals surface area contributed by atoms with E-state index in [4.69, 9.17) is 4.74 Å². The van der Waals surface area contributed by atoms with E-state index in [1.54, 1.807) is 17.0 Å². The first kappa shape index (κ1) is 25.7. The van der Waals surface area contributed by atoms with Gasteiger partial charge in [0.25, 0.3) is 5.56 Å². The predicted molar refractivity (Wildman–Crippen MR) is 141 cm³/mol. The van der Waals surface area contributed by atoms with Crippen LogP contribution in [0.2, 0.25) is 0 Å². The van der Waals surface area contributed by atoms with Gasteiger partial charge >= 0.3 is 0 Å². The summed E-state index contributed by atoms with van der Waals surface area (Å²) in [5.74, 6) is 0.334. The molecular formula is C25H30N6O4S. The third-order valence-electron chi connectivity index (χ3n) is 5.58. The van der Waals surface area contributed by atoms with Gasteiger partial charge in [0.1, 0.15) is 0 Å². The van der Waals surface area contributed by atoms with Gasteiger partial charge in [-0.1, -0.05) is 42.1 Å². The fraction of sp³-hybridized carbons (Fsp3) is 0.360. The lowest BCUT2D eigenvalue weighted by Crippen LogP contribution is -2.33. The van der Waals surface area contributed by atoms with E-state index in [-0.39, 0.29) is 34.9 Å². The number of aliphatic hydroxyl groups excluding tert-OH is 1. The molecule has 0 aliphatic heterocycles. The van der Waals surface area contributed by atoms with Crippen molar-refractivity contribution in [3.63, 3.8) is 0 Å². The molecule has 11 heteroatoms. The third kappa shape index (κ3) is 5.69. The van der Waals surface area contributed by atoms with Crippen LogP contribution in [0.15, 0.2) is 52.6 Å². The lowest BCUT2D eigenvalue weighted by molar-refractivity contribution is -0.118. The number of amides is 1. The minimum atomic E-state index is -0.325. The smallest absolute Gasteiger partial charge is 0.287 e.